The number of nitriles is 1. The van der Waals surface area contributed by atoms with Crippen molar-refractivity contribution in [3.05, 3.63) is 52.7 Å². The van der Waals surface area contributed by atoms with Gasteiger partial charge in [-0.15, -0.1) is 0 Å². The number of halogens is 1. The lowest BCUT2D eigenvalue weighted by Gasteiger charge is -2.63. The minimum absolute atomic E-state index is 0.109. The molecule has 1 saturated carbocycles. The number of carbonyl (C=O) groups excluding carboxylic acids is 1. The highest BCUT2D eigenvalue weighted by Crippen LogP contribution is 2.55. The summed E-state index contributed by atoms with van der Waals surface area (Å²) >= 11 is 6.20. The number of carboxylic acids is 1. The number of aliphatic carboxylic acids is 1. The topological polar surface area (TPSA) is 122 Å². The third kappa shape index (κ3) is 5.71. The molecule has 5 rings (SSSR count). The maximum atomic E-state index is 13.2. The van der Waals surface area contributed by atoms with Crippen LogP contribution in [-0.4, -0.2) is 95.8 Å². The average Bonchev–Trinajstić information content (AvgIpc) is 2.92. The highest BCUT2D eigenvalue weighted by Gasteiger charge is 2.64. The minimum atomic E-state index is -0.778. The number of hydrogen-bond acceptors (Lipinski definition) is 8. The van der Waals surface area contributed by atoms with Crippen molar-refractivity contribution < 1.29 is 19.4 Å². The number of aromatic nitrogens is 1. The van der Waals surface area contributed by atoms with Crippen LogP contribution in [0.3, 0.4) is 0 Å². The summed E-state index contributed by atoms with van der Waals surface area (Å²) in [6.07, 6.45) is 1.46. The Morgan fingerprint density at radius 2 is 1.80 bits per heavy atom. The van der Waals surface area contributed by atoms with E-state index < -0.39 is 5.97 Å². The van der Waals surface area contributed by atoms with E-state index >= 15 is 0 Å². The maximum Gasteiger partial charge on any atom is 0.317 e. The second kappa shape index (κ2) is 11.1. The van der Waals surface area contributed by atoms with Gasteiger partial charge < -0.3 is 20.1 Å². The summed E-state index contributed by atoms with van der Waals surface area (Å²) in [5.41, 5.74) is 0.211. The summed E-state index contributed by atoms with van der Waals surface area (Å²) in [6, 6.07) is 11.1. The van der Waals surface area contributed by atoms with Crippen LogP contribution in [0.25, 0.3) is 0 Å². The van der Waals surface area contributed by atoms with E-state index in [0.717, 1.165) is 45.1 Å². The molecule has 0 spiro atoms. The lowest BCUT2D eigenvalue weighted by molar-refractivity contribution is -0.164. The first-order valence-corrected chi connectivity index (χ1v) is 14.3. The Morgan fingerprint density at radius 3 is 2.37 bits per heavy atom. The summed E-state index contributed by atoms with van der Waals surface area (Å²) in [7, 11) is 0. The van der Waals surface area contributed by atoms with Crippen molar-refractivity contribution in [3.63, 3.8) is 0 Å². The predicted molar refractivity (Wildman–Crippen MR) is 155 cm³/mol. The van der Waals surface area contributed by atoms with Gasteiger partial charge in [0.15, 0.2) is 0 Å². The molecule has 0 radical (unpaired) electrons. The Balaban J connectivity index is 1.14. The number of hydrogen-bond donors (Lipinski definition) is 2. The molecule has 2 aliphatic heterocycles. The van der Waals surface area contributed by atoms with Crippen LogP contribution in [0.2, 0.25) is 5.02 Å². The first kappa shape index (κ1) is 29.1. The van der Waals surface area contributed by atoms with Gasteiger partial charge in [-0.05, 0) is 24.3 Å². The van der Waals surface area contributed by atoms with E-state index in [0.29, 0.717) is 27.9 Å². The van der Waals surface area contributed by atoms with Crippen LogP contribution >= 0.6 is 11.6 Å². The average molecular weight is 581 g/mol. The molecular formula is C30H37ClN6O4. The molecule has 11 heteroatoms. The lowest BCUT2D eigenvalue weighted by Crippen LogP contribution is -2.74. The number of pyridine rings is 1. The Labute approximate surface area is 245 Å². The van der Waals surface area contributed by atoms with Crippen molar-refractivity contribution in [2.24, 2.45) is 10.8 Å². The molecule has 10 nitrogen and oxygen atoms in total. The second-order valence-corrected chi connectivity index (χ2v) is 12.9. The third-order valence-corrected chi connectivity index (χ3v) is 9.20. The van der Waals surface area contributed by atoms with Crippen molar-refractivity contribution in [1.82, 2.24) is 20.1 Å². The smallest absolute Gasteiger partial charge is 0.317 e. The third-order valence-electron chi connectivity index (χ3n) is 8.89. The van der Waals surface area contributed by atoms with E-state index in [-0.39, 0.29) is 35.4 Å². The van der Waals surface area contributed by atoms with Gasteiger partial charge in [-0.2, -0.15) is 5.26 Å². The molecule has 0 unspecified atom stereocenters. The molecule has 2 aromatic rings. The molecule has 3 aliphatic rings. The van der Waals surface area contributed by atoms with Gasteiger partial charge in [0, 0.05) is 74.4 Å². The molecule has 41 heavy (non-hydrogen) atoms. The van der Waals surface area contributed by atoms with E-state index in [4.69, 9.17) is 26.7 Å². The molecule has 1 amide bonds. The summed E-state index contributed by atoms with van der Waals surface area (Å²) in [6.45, 7) is 13.5. The normalized spacial score (nSPS) is 24.0. The fourth-order valence-corrected chi connectivity index (χ4v) is 7.14. The number of carboxylic acid groups (broad SMARTS) is 1. The van der Waals surface area contributed by atoms with Gasteiger partial charge in [0.25, 0.3) is 5.91 Å². The molecular weight excluding hydrogens is 544 g/mol. The van der Waals surface area contributed by atoms with Gasteiger partial charge in [0.05, 0.1) is 22.7 Å². The van der Waals surface area contributed by atoms with Crippen molar-refractivity contribution >= 4 is 29.3 Å². The highest BCUT2D eigenvalue weighted by molar-refractivity contribution is 6.31. The second-order valence-electron chi connectivity index (χ2n) is 12.5. The van der Waals surface area contributed by atoms with E-state index in [9.17, 15) is 9.59 Å². The Kier molecular flexibility index (Phi) is 7.90. The molecule has 1 aliphatic carbocycles. The molecule has 0 bridgehead atoms. The fourth-order valence-electron chi connectivity index (χ4n) is 6.93. The monoisotopic (exact) mass is 580 g/mol. The van der Waals surface area contributed by atoms with Gasteiger partial charge >= 0.3 is 5.97 Å². The van der Waals surface area contributed by atoms with Crippen LogP contribution in [0, 0.1) is 22.2 Å². The zero-order valence-electron chi connectivity index (χ0n) is 23.9. The zero-order valence-corrected chi connectivity index (χ0v) is 24.7. The minimum Gasteiger partial charge on any atom is -0.489 e. The van der Waals surface area contributed by atoms with Gasteiger partial charge in [-0.3, -0.25) is 19.4 Å². The van der Waals surface area contributed by atoms with Gasteiger partial charge in [-0.1, -0.05) is 39.3 Å². The number of likely N-dealkylation sites (tertiary alicyclic amines) is 1. The standard InChI is InChI=1S/C30H37ClN6O4/c1-29(2)27(30(3,4)28(29)41-22-7-5-19(14-32)23(31)13-22)34-26(40)20-6-8-24(33-15-20)37-11-9-36(10-12-37)21-16-35(17-21)18-25(38)39/h5-8,13,15,21,27-28H,9-12,16-18H2,1-4H3,(H,34,40)(H,38,39)/t27-,28-. The Hall–Kier alpha value is -3.39. The molecule has 2 N–H and O–H groups in total. The van der Waals surface area contributed by atoms with Crippen LogP contribution in [-0.2, 0) is 4.79 Å². The number of carbonyl (C=O) groups is 2. The maximum absolute atomic E-state index is 13.2. The SMILES string of the molecule is CC1(C)[C@H](NC(=O)c2ccc(N3CCN(C4CN(CC(=O)O)C4)CC3)nc2)C(C)(C)[C@H]1Oc1ccc(C#N)c(Cl)c1. The lowest BCUT2D eigenvalue weighted by atomic mass is 9.49. The number of rotatable bonds is 8. The van der Waals surface area contributed by atoms with Crippen molar-refractivity contribution in [2.75, 3.05) is 50.7 Å². The predicted octanol–water partition coefficient (Wildman–Crippen LogP) is 3.11. The van der Waals surface area contributed by atoms with Crippen LogP contribution in [0.1, 0.15) is 43.6 Å². The van der Waals surface area contributed by atoms with Crippen LogP contribution in [0.5, 0.6) is 5.75 Å². The van der Waals surface area contributed by atoms with E-state index in [1.54, 1.807) is 24.4 Å². The largest absolute Gasteiger partial charge is 0.489 e. The summed E-state index contributed by atoms with van der Waals surface area (Å²) in [5.74, 6) is 0.496. The fraction of sp³-hybridized carbons (Fsp3) is 0.533. The number of anilines is 1. The molecule has 3 heterocycles. The first-order valence-electron chi connectivity index (χ1n) is 14.0. The van der Waals surface area contributed by atoms with E-state index in [1.807, 2.05) is 17.0 Å². The number of nitrogens with one attached hydrogen (secondary N) is 1. The summed E-state index contributed by atoms with van der Waals surface area (Å²) < 4.78 is 6.32. The summed E-state index contributed by atoms with van der Waals surface area (Å²) in [4.78, 5) is 35.3. The number of benzene rings is 1. The number of piperazine rings is 1. The van der Waals surface area contributed by atoms with Gasteiger partial charge in [0.2, 0.25) is 0 Å². The van der Waals surface area contributed by atoms with Crippen LogP contribution in [0.15, 0.2) is 36.5 Å². The first-order chi connectivity index (χ1) is 19.4. The summed E-state index contributed by atoms with van der Waals surface area (Å²) in [5, 5.41) is 21.6. The van der Waals surface area contributed by atoms with Gasteiger partial charge in [0.1, 0.15) is 23.7 Å². The van der Waals surface area contributed by atoms with Crippen molar-refractivity contribution in [2.45, 2.75) is 45.9 Å². The Bertz CT molecular complexity index is 1330. The van der Waals surface area contributed by atoms with E-state index in [2.05, 4.69) is 53.9 Å². The van der Waals surface area contributed by atoms with Crippen molar-refractivity contribution in [3.8, 4) is 11.8 Å². The quantitative estimate of drug-likeness (QED) is 0.485. The van der Waals surface area contributed by atoms with Crippen LogP contribution < -0.4 is 15.0 Å². The number of amides is 1. The Morgan fingerprint density at radius 1 is 1.12 bits per heavy atom. The molecule has 1 aromatic carbocycles. The number of ether oxygens (including phenoxy) is 1. The number of nitrogens with zero attached hydrogens (tertiary/aromatic N) is 5. The van der Waals surface area contributed by atoms with Crippen LogP contribution in [0.4, 0.5) is 5.82 Å². The highest BCUT2D eigenvalue weighted by atomic mass is 35.5. The van der Waals surface area contributed by atoms with Crippen molar-refractivity contribution in [1.29, 1.82) is 5.26 Å². The molecule has 3 fully saturated rings. The molecule has 1 aromatic heterocycles. The molecule has 218 valence electrons. The molecule has 2 saturated heterocycles. The molecule has 0 atom stereocenters. The van der Waals surface area contributed by atoms with E-state index in [1.165, 1.54) is 0 Å². The zero-order chi connectivity index (χ0) is 29.5. The van der Waals surface area contributed by atoms with Gasteiger partial charge in [-0.25, -0.2) is 4.98 Å².